The molecule has 4 heteroatoms. The monoisotopic (exact) mass is 330 g/mol. The van der Waals surface area contributed by atoms with Gasteiger partial charge in [0.1, 0.15) is 5.52 Å². The molecule has 0 bridgehead atoms. The fourth-order valence-electron chi connectivity index (χ4n) is 2.23. The highest BCUT2D eigenvalue weighted by Crippen LogP contribution is 2.28. The highest BCUT2D eigenvalue weighted by molar-refractivity contribution is 9.08. The van der Waals surface area contributed by atoms with Crippen LogP contribution in [0.15, 0.2) is 42.5 Å². The zero-order valence-electron chi connectivity index (χ0n) is 10.9. The minimum Gasteiger partial charge on any atom is -0.245 e. The molecular formula is C16H12BrFN2. The third-order valence-corrected chi connectivity index (χ3v) is 3.78. The molecule has 0 N–H and O–H groups in total. The van der Waals surface area contributed by atoms with Gasteiger partial charge in [-0.1, -0.05) is 46.3 Å². The Morgan fingerprint density at radius 2 is 1.85 bits per heavy atom. The van der Waals surface area contributed by atoms with Crippen molar-refractivity contribution in [3.63, 3.8) is 0 Å². The maximum Gasteiger partial charge on any atom is 0.151 e. The summed E-state index contributed by atoms with van der Waals surface area (Å²) in [6.45, 7) is 2.03. The van der Waals surface area contributed by atoms with Gasteiger partial charge in [0.15, 0.2) is 5.82 Å². The predicted octanol–water partition coefficient (Wildman–Crippen LogP) is 4.64. The first-order valence-corrected chi connectivity index (χ1v) is 7.40. The van der Waals surface area contributed by atoms with Crippen LogP contribution in [0.2, 0.25) is 0 Å². The van der Waals surface area contributed by atoms with Crippen molar-refractivity contribution in [1.29, 1.82) is 0 Å². The number of halogens is 2. The maximum atomic E-state index is 13.8. The molecule has 2 nitrogen and oxygen atoms in total. The van der Waals surface area contributed by atoms with Crippen LogP contribution in [0, 0.1) is 12.7 Å². The molecule has 0 fully saturated rings. The average molecular weight is 331 g/mol. The van der Waals surface area contributed by atoms with E-state index >= 15 is 0 Å². The lowest BCUT2D eigenvalue weighted by Crippen LogP contribution is -1.99. The molecular weight excluding hydrogens is 319 g/mol. The third kappa shape index (κ3) is 2.20. The molecule has 20 heavy (non-hydrogen) atoms. The summed E-state index contributed by atoms with van der Waals surface area (Å²) in [4.78, 5) is 9.03. The molecule has 3 rings (SSSR count). The Kier molecular flexibility index (Phi) is 3.49. The Morgan fingerprint density at radius 3 is 2.60 bits per heavy atom. The van der Waals surface area contributed by atoms with Gasteiger partial charge in [0.25, 0.3) is 0 Å². The molecule has 0 saturated heterocycles. The Hall–Kier alpha value is -1.81. The summed E-state index contributed by atoms with van der Waals surface area (Å²) >= 11 is 3.42. The van der Waals surface area contributed by atoms with E-state index in [9.17, 15) is 4.39 Å². The number of aromatic nitrogens is 2. The van der Waals surface area contributed by atoms with Crippen LogP contribution in [0.1, 0.15) is 11.3 Å². The van der Waals surface area contributed by atoms with Crippen molar-refractivity contribution in [3.8, 4) is 11.3 Å². The molecule has 0 aliphatic carbocycles. The minimum absolute atomic E-state index is 0.319. The number of fused-ring (bicyclic) bond motifs is 1. The lowest BCUT2D eigenvalue weighted by Gasteiger charge is -2.10. The second kappa shape index (κ2) is 5.29. The van der Waals surface area contributed by atoms with Crippen LogP contribution < -0.4 is 0 Å². The lowest BCUT2D eigenvalue weighted by molar-refractivity contribution is 0.636. The van der Waals surface area contributed by atoms with E-state index in [2.05, 4.69) is 25.9 Å². The van der Waals surface area contributed by atoms with Gasteiger partial charge >= 0.3 is 0 Å². The second-order valence-electron chi connectivity index (χ2n) is 4.58. The Morgan fingerprint density at radius 1 is 1.05 bits per heavy atom. The zero-order chi connectivity index (χ0) is 14.1. The molecule has 100 valence electrons. The molecule has 0 aliphatic rings. The van der Waals surface area contributed by atoms with Gasteiger partial charge in [-0.15, -0.1) is 0 Å². The van der Waals surface area contributed by atoms with Gasteiger partial charge < -0.3 is 0 Å². The first-order chi connectivity index (χ1) is 9.70. The molecule has 0 unspecified atom stereocenters. The smallest absolute Gasteiger partial charge is 0.151 e. The summed E-state index contributed by atoms with van der Waals surface area (Å²) in [5, 5.41) is 0.536. The highest BCUT2D eigenvalue weighted by Gasteiger charge is 2.13. The standard InChI is InChI=1S/C16H12BrFN2/c1-10-5-2-3-6-11(10)15-14(9-17)20-16-12(18)7-4-8-13(16)19-15/h2-8H,9H2,1H3. The normalized spacial score (nSPS) is 10.9. The van der Waals surface area contributed by atoms with Crippen LogP contribution in [0.25, 0.3) is 22.3 Å². The highest BCUT2D eigenvalue weighted by atomic mass is 79.9. The summed E-state index contributed by atoms with van der Waals surface area (Å²) in [5.41, 5.74) is 4.60. The van der Waals surface area contributed by atoms with Crippen molar-refractivity contribution < 1.29 is 4.39 Å². The molecule has 0 saturated carbocycles. The molecule has 0 amide bonds. The fourth-order valence-corrected chi connectivity index (χ4v) is 2.62. The molecule has 0 aliphatic heterocycles. The van der Waals surface area contributed by atoms with Gasteiger partial charge in [-0.05, 0) is 24.6 Å². The Bertz CT molecular complexity index is 787. The topological polar surface area (TPSA) is 25.8 Å². The molecule has 1 aromatic heterocycles. The summed E-state index contributed by atoms with van der Waals surface area (Å²) in [6.07, 6.45) is 0. The molecule has 0 atom stereocenters. The third-order valence-electron chi connectivity index (χ3n) is 3.24. The molecule has 0 radical (unpaired) electrons. The van der Waals surface area contributed by atoms with Crippen molar-refractivity contribution in [2.45, 2.75) is 12.3 Å². The zero-order valence-corrected chi connectivity index (χ0v) is 12.5. The first-order valence-electron chi connectivity index (χ1n) is 6.28. The Labute approximate surface area is 124 Å². The van der Waals surface area contributed by atoms with E-state index in [1.807, 2.05) is 31.2 Å². The van der Waals surface area contributed by atoms with Gasteiger partial charge in [-0.3, -0.25) is 0 Å². The van der Waals surface area contributed by atoms with E-state index < -0.39 is 0 Å². The number of nitrogens with zero attached hydrogens (tertiary/aromatic N) is 2. The van der Waals surface area contributed by atoms with E-state index in [0.717, 1.165) is 22.5 Å². The van der Waals surface area contributed by atoms with Gasteiger partial charge in [-0.2, -0.15) is 0 Å². The molecule has 2 aromatic carbocycles. The summed E-state index contributed by atoms with van der Waals surface area (Å²) in [5.74, 6) is -0.339. The number of hydrogen-bond acceptors (Lipinski definition) is 2. The lowest BCUT2D eigenvalue weighted by atomic mass is 10.0. The number of alkyl halides is 1. The van der Waals surface area contributed by atoms with Crippen molar-refractivity contribution >= 4 is 27.0 Å². The van der Waals surface area contributed by atoms with Crippen molar-refractivity contribution in [2.75, 3.05) is 0 Å². The van der Waals surface area contributed by atoms with Crippen LogP contribution in [-0.4, -0.2) is 9.97 Å². The van der Waals surface area contributed by atoms with Crippen LogP contribution in [0.4, 0.5) is 4.39 Å². The average Bonchev–Trinajstić information content (AvgIpc) is 2.47. The number of benzene rings is 2. The number of para-hydroxylation sites is 1. The van der Waals surface area contributed by atoms with Gasteiger partial charge in [-0.25, -0.2) is 14.4 Å². The van der Waals surface area contributed by atoms with E-state index in [1.165, 1.54) is 6.07 Å². The number of rotatable bonds is 2. The SMILES string of the molecule is Cc1ccccc1-c1nc2cccc(F)c2nc1CBr. The summed E-state index contributed by atoms with van der Waals surface area (Å²) in [6, 6.07) is 12.8. The van der Waals surface area contributed by atoms with Crippen molar-refractivity contribution in [2.24, 2.45) is 0 Å². The van der Waals surface area contributed by atoms with Crippen LogP contribution in [0.3, 0.4) is 0 Å². The predicted molar refractivity (Wildman–Crippen MR) is 82.3 cm³/mol. The van der Waals surface area contributed by atoms with Gasteiger partial charge in [0.05, 0.1) is 16.9 Å². The fraction of sp³-hybridized carbons (Fsp3) is 0.125. The van der Waals surface area contributed by atoms with E-state index in [0.29, 0.717) is 16.4 Å². The van der Waals surface area contributed by atoms with Crippen LogP contribution >= 0.6 is 15.9 Å². The molecule has 3 aromatic rings. The molecule has 0 spiro atoms. The van der Waals surface area contributed by atoms with E-state index in [4.69, 9.17) is 0 Å². The minimum atomic E-state index is -0.339. The van der Waals surface area contributed by atoms with E-state index in [1.54, 1.807) is 12.1 Å². The van der Waals surface area contributed by atoms with Gasteiger partial charge in [0, 0.05) is 10.9 Å². The number of aryl methyl sites for hydroxylation is 1. The Balaban J connectivity index is 2.33. The van der Waals surface area contributed by atoms with E-state index in [-0.39, 0.29) is 5.82 Å². The van der Waals surface area contributed by atoms with Crippen LogP contribution in [-0.2, 0) is 5.33 Å². The van der Waals surface area contributed by atoms with Crippen LogP contribution in [0.5, 0.6) is 0 Å². The number of hydrogen-bond donors (Lipinski definition) is 0. The maximum absolute atomic E-state index is 13.8. The summed E-state index contributed by atoms with van der Waals surface area (Å²) < 4.78 is 13.8. The largest absolute Gasteiger partial charge is 0.245 e. The second-order valence-corrected chi connectivity index (χ2v) is 5.14. The molecule has 1 heterocycles. The first kappa shape index (κ1) is 13.2. The summed E-state index contributed by atoms with van der Waals surface area (Å²) in [7, 11) is 0. The van der Waals surface area contributed by atoms with Crippen molar-refractivity contribution in [1.82, 2.24) is 9.97 Å². The van der Waals surface area contributed by atoms with Gasteiger partial charge in [0.2, 0.25) is 0 Å². The van der Waals surface area contributed by atoms with Crippen molar-refractivity contribution in [3.05, 3.63) is 59.5 Å². The quantitative estimate of drug-likeness (QED) is 0.640.